The van der Waals surface area contributed by atoms with Crippen LogP contribution < -0.4 is 10.5 Å². The third-order valence-electron chi connectivity index (χ3n) is 3.19. The fourth-order valence-electron chi connectivity index (χ4n) is 2.17. The third kappa shape index (κ3) is 3.07. The molecule has 122 valence electrons. The molecule has 0 aliphatic carbocycles. The average Bonchev–Trinajstić information content (AvgIpc) is 2.53. The van der Waals surface area contributed by atoms with Gasteiger partial charge in [-0.3, -0.25) is 0 Å². The number of nitrogens with two attached hydrogens (primary N) is 1. The van der Waals surface area contributed by atoms with Gasteiger partial charge in [0.15, 0.2) is 5.82 Å². The Hall–Kier alpha value is -2.34. The third-order valence-corrected chi connectivity index (χ3v) is 3.48. The van der Waals surface area contributed by atoms with E-state index in [2.05, 4.69) is 4.74 Å². The summed E-state index contributed by atoms with van der Waals surface area (Å²) in [4.78, 5) is 11.6. The largest absolute Gasteiger partial charge is 0.493 e. The number of nitrogen functional groups attached to an aromatic ring is 1. The van der Waals surface area contributed by atoms with Crippen LogP contribution in [0.4, 0.5) is 14.5 Å². The van der Waals surface area contributed by atoms with Crippen LogP contribution in [-0.4, -0.2) is 19.7 Å². The zero-order valence-electron chi connectivity index (χ0n) is 12.5. The van der Waals surface area contributed by atoms with Crippen LogP contribution in [0.25, 0.3) is 11.1 Å². The summed E-state index contributed by atoms with van der Waals surface area (Å²) in [6.07, 6.45) is 0. The molecule has 0 aliphatic rings. The number of rotatable bonds is 4. The molecule has 0 aromatic heterocycles. The zero-order chi connectivity index (χ0) is 17.1. The van der Waals surface area contributed by atoms with Crippen LogP contribution in [0.5, 0.6) is 5.75 Å². The van der Waals surface area contributed by atoms with E-state index in [0.29, 0.717) is 0 Å². The Bertz CT molecular complexity index is 765. The molecule has 2 aromatic rings. The van der Waals surface area contributed by atoms with Gasteiger partial charge in [-0.25, -0.2) is 13.6 Å². The lowest BCUT2D eigenvalue weighted by molar-refractivity contribution is 0.0601. The molecule has 0 bridgehead atoms. The van der Waals surface area contributed by atoms with Gasteiger partial charge in [-0.1, -0.05) is 17.7 Å². The highest BCUT2D eigenvalue weighted by Gasteiger charge is 2.25. The molecular formula is C16H14ClF2NO3. The molecule has 2 rings (SSSR count). The standard InChI is InChI=1S/C16H14ClF2NO3/c1-3-23-11-6-4-5-10(18)13(11)12-9(17)7-8(16(21)22-2)15(20)14(12)19/h4-7H,3,20H2,1-2H3. The van der Waals surface area contributed by atoms with Crippen molar-refractivity contribution >= 4 is 23.3 Å². The predicted molar refractivity (Wildman–Crippen MR) is 83.7 cm³/mol. The van der Waals surface area contributed by atoms with Crippen molar-refractivity contribution in [1.82, 2.24) is 0 Å². The monoisotopic (exact) mass is 341 g/mol. The van der Waals surface area contributed by atoms with Crippen molar-refractivity contribution in [2.24, 2.45) is 0 Å². The number of esters is 1. The first-order chi connectivity index (χ1) is 10.9. The van der Waals surface area contributed by atoms with Gasteiger partial charge < -0.3 is 15.2 Å². The van der Waals surface area contributed by atoms with E-state index < -0.39 is 23.3 Å². The van der Waals surface area contributed by atoms with E-state index in [1.54, 1.807) is 6.92 Å². The van der Waals surface area contributed by atoms with Gasteiger partial charge in [-0.05, 0) is 25.1 Å². The number of carbonyl (C=O) groups is 1. The molecule has 0 spiro atoms. The number of anilines is 1. The lowest BCUT2D eigenvalue weighted by Gasteiger charge is -2.15. The number of carbonyl (C=O) groups excluding carboxylic acids is 1. The van der Waals surface area contributed by atoms with Crippen molar-refractivity contribution in [2.75, 3.05) is 19.5 Å². The van der Waals surface area contributed by atoms with Crippen LogP contribution in [0.1, 0.15) is 17.3 Å². The van der Waals surface area contributed by atoms with Crippen LogP contribution in [0.2, 0.25) is 5.02 Å². The number of ether oxygens (including phenoxy) is 2. The Morgan fingerprint density at radius 2 is 2.00 bits per heavy atom. The normalized spacial score (nSPS) is 10.5. The molecule has 0 amide bonds. The summed E-state index contributed by atoms with van der Waals surface area (Å²) in [6.45, 7) is 1.97. The maximum Gasteiger partial charge on any atom is 0.340 e. The van der Waals surface area contributed by atoms with E-state index in [1.165, 1.54) is 12.1 Å². The molecule has 2 aromatic carbocycles. The Labute approximate surface area is 136 Å². The molecule has 0 saturated carbocycles. The van der Waals surface area contributed by atoms with Gasteiger partial charge in [0.2, 0.25) is 0 Å². The van der Waals surface area contributed by atoms with Crippen molar-refractivity contribution in [3.05, 3.63) is 46.5 Å². The molecule has 4 nitrogen and oxygen atoms in total. The topological polar surface area (TPSA) is 61.5 Å². The molecule has 0 aliphatic heterocycles. The Balaban J connectivity index is 2.76. The van der Waals surface area contributed by atoms with Crippen molar-refractivity contribution in [2.45, 2.75) is 6.92 Å². The van der Waals surface area contributed by atoms with Crippen LogP contribution in [-0.2, 0) is 4.74 Å². The molecule has 0 atom stereocenters. The molecule has 23 heavy (non-hydrogen) atoms. The maximum atomic E-state index is 14.7. The second-order valence-corrected chi connectivity index (χ2v) is 4.95. The van der Waals surface area contributed by atoms with Gasteiger partial charge in [-0.2, -0.15) is 0 Å². The van der Waals surface area contributed by atoms with Crippen molar-refractivity contribution < 1.29 is 23.0 Å². The summed E-state index contributed by atoms with van der Waals surface area (Å²) in [7, 11) is 1.13. The fraction of sp³-hybridized carbons (Fsp3) is 0.188. The highest BCUT2D eigenvalue weighted by Crippen LogP contribution is 2.41. The highest BCUT2D eigenvalue weighted by molar-refractivity contribution is 6.34. The molecule has 0 fully saturated rings. The maximum absolute atomic E-state index is 14.7. The number of hydrogen-bond donors (Lipinski definition) is 1. The Kier molecular flexibility index (Phi) is 5.05. The summed E-state index contributed by atoms with van der Waals surface area (Å²) in [5.41, 5.74) is 4.53. The quantitative estimate of drug-likeness (QED) is 0.673. The van der Waals surface area contributed by atoms with Crippen LogP contribution in [0.3, 0.4) is 0 Å². The average molecular weight is 342 g/mol. The minimum Gasteiger partial charge on any atom is -0.493 e. The van der Waals surface area contributed by atoms with Crippen LogP contribution in [0.15, 0.2) is 24.3 Å². The van der Waals surface area contributed by atoms with Gasteiger partial charge in [0, 0.05) is 5.56 Å². The highest BCUT2D eigenvalue weighted by atomic mass is 35.5. The van der Waals surface area contributed by atoms with Gasteiger partial charge >= 0.3 is 5.97 Å². The molecule has 2 N–H and O–H groups in total. The van der Waals surface area contributed by atoms with Crippen LogP contribution in [0, 0.1) is 11.6 Å². The summed E-state index contributed by atoms with van der Waals surface area (Å²) in [5, 5.41) is -0.178. The van der Waals surface area contributed by atoms with Gasteiger partial charge in [0.25, 0.3) is 0 Å². The van der Waals surface area contributed by atoms with Gasteiger partial charge in [0.05, 0.1) is 35.6 Å². The van der Waals surface area contributed by atoms with E-state index in [0.717, 1.165) is 19.2 Å². The zero-order valence-corrected chi connectivity index (χ0v) is 13.2. The minimum atomic E-state index is -1.01. The SMILES string of the molecule is CCOc1cccc(F)c1-c1c(Cl)cc(C(=O)OC)c(N)c1F. The fourth-order valence-corrected chi connectivity index (χ4v) is 2.45. The van der Waals surface area contributed by atoms with E-state index >= 15 is 0 Å². The van der Waals surface area contributed by atoms with Gasteiger partial charge in [0.1, 0.15) is 11.6 Å². The van der Waals surface area contributed by atoms with E-state index in [9.17, 15) is 13.6 Å². The number of methoxy groups -OCH3 is 1. The van der Waals surface area contributed by atoms with E-state index in [4.69, 9.17) is 22.1 Å². The first-order valence-electron chi connectivity index (χ1n) is 6.69. The molecule has 0 heterocycles. The summed E-state index contributed by atoms with van der Waals surface area (Å²) in [6, 6.07) is 5.21. The lowest BCUT2D eigenvalue weighted by Crippen LogP contribution is -2.09. The molecule has 0 saturated heterocycles. The van der Waals surface area contributed by atoms with Gasteiger partial charge in [-0.15, -0.1) is 0 Å². The Morgan fingerprint density at radius 1 is 1.30 bits per heavy atom. The van der Waals surface area contributed by atoms with E-state index in [-0.39, 0.29) is 34.1 Å². The summed E-state index contributed by atoms with van der Waals surface area (Å²) < 4.78 is 38.7. The second-order valence-electron chi connectivity index (χ2n) is 4.55. The van der Waals surface area contributed by atoms with E-state index in [1.807, 2.05) is 0 Å². The smallest absolute Gasteiger partial charge is 0.340 e. The number of benzene rings is 2. The van der Waals surface area contributed by atoms with Crippen molar-refractivity contribution in [1.29, 1.82) is 0 Å². The molecule has 7 heteroatoms. The predicted octanol–water partition coefficient (Wildman–Crippen LogP) is 4.05. The first kappa shape index (κ1) is 17.0. The lowest BCUT2D eigenvalue weighted by atomic mass is 9.99. The Morgan fingerprint density at radius 3 is 2.61 bits per heavy atom. The minimum absolute atomic E-state index is 0.124. The molecule has 0 unspecified atom stereocenters. The summed E-state index contributed by atoms with van der Waals surface area (Å²) >= 11 is 6.06. The molecular weight excluding hydrogens is 328 g/mol. The van der Waals surface area contributed by atoms with Crippen molar-refractivity contribution in [3.8, 4) is 16.9 Å². The summed E-state index contributed by atoms with van der Waals surface area (Å²) in [5.74, 6) is -2.45. The van der Waals surface area contributed by atoms with Crippen molar-refractivity contribution in [3.63, 3.8) is 0 Å². The van der Waals surface area contributed by atoms with Crippen LogP contribution >= 0.6 is 11.6 Å². The molecule has 0 radical (unpaired) electrons. The number of hydrogen-bond acceptors (Lipinski definition) is 4. The first-order valence-corrected chi connectivity index (χ1v) is 7.07. The number of halogens is 3. The second kappa shape index (κ2) is 6.83.